The van der Waals surface area contributed by atoms with Crippen LogP contribution in [0.5, 0.6) is 0 Å². The molecule has 0 bridgehead atoms. The van der Waals surface area contributed by atoms with Crippen molar-refractivity contribution in [1.82, 2.24) is 24.6 Å². The number of likely N-dealkylation sites (tertiary alicyclic amines) is 1. The predicted octanol–water partition coefficient (Wildman–Crippen LogP) is 1.98. The number of benzene rings is 1. The molecule has 2 aromatic heterocycles. The van der Waals surface area contributed by atoms with Crippen molar-refractivity contribution in [2.75, 3.05) is 13.1 Å². The summed E-state index contributed by atoms with van der Waals surface area (Å²) in [7, 11) is 0. The lowest BCUT2D eigenvalue weighted by Gasteiger charge is -2.16. The lowest BCUT2D eigenvalue weighted by molar-refractivity contribution is -0.130. The topological polar surface area (TPSA) is 77.0 Å². The highest BCUT2D eigenvalue weighted by Gasteiger charge is 2.40. The summed E-state index contributed by atoms with van der Waals surface area (Å²) < 4.78 is 7.20. The minimum Gasteiger partial charge on any atom is -0.340 e. The standard InChI is InChI=1S/C18H19N5O2/c1-13-20-18(25-21-13)16-10-23(17(24)11-22-8-7-19-12-22)9-15(16)14-5-3-2-4-6-14/h2-8,12,15-16H,9-11H2,1H3/t15-,16+/m1/s1. The van der Waals surface area contributed by atoms with E-state index in [1.165, 1.54) is 5.56 Å². The third-order valence-corrected chi connectivity index (χ3v) is 4.64. The fourth-order valence-corrected chi connectivity index (χ4v) is 3.40. The Balaban J connectivity index is 1.59. The van der Waals surface area contributed by atoms with Crippen molar-refractivity contribution >= 4 is 5.91 Å². The molecule has 0 N–H and O–H groups in total. The molecule has 3 heterocycles. The Hall–Kier alpha value is -2.96. The summed E-state index contributed by atoms with van der Waals surface area (Å²) in [6.07, 6.45) is 5.12. The highest BCUT2D eigenvalue weighted by atomic mass is 16.5. The molecule has 3 aromatic rings. The molecule has 1 fully saturated rings. The van der Waals surface area contributed by atoms with Gasteiger partial charge in [-0.3, -0.25) is 4.79 Å². The van der Waals surface area contributed by atoms with Crippen LogP contribution >= 0.6 is 0 Å². The highest BCUT2D eigenvalue weighted by molar-refractivity contribution is 5.76. The van der Waals surface area contributed by atoms with Crippen LogP contribution < -0.4 is 0 Å². The van der Waals surface area contributed by atoms with E-state index in [4.69, 9.17) is 4.52 Å². The molecule has 128 valence electrons. The molecule has 0 unspecified atom stereocenters. The number of hydrogen-bond donors (Lipinski definition) is 0. The molecule has 1 saturated heterocycles. The van der Waals surface area contributed by atoms with Crippen LogP contribution in [0.2, 0.25) is 0 Å². The lowest BCUT2D eigenvalue weighted by Crippen LogP contribution is -2.31. The minimum atomic E-state index is 0.00957. The van der Waals surface area contributed by atoms with Crippen molar-refractivity contribution in [3.8, 4) is 0 Å². The van der Waals surface area contributed by atoms with Gasteiger partial charge in [-0.1, -0.05) is 35.5 Å². The number of carbonyl (C=O) groups is 1. The Kier molecular flexibility index (Phi) is 4.05. The SMILES string of the molecule is Cc1noc([C@H]2CN(C(=O)Cn3ccnc3)C[C@@H]2c2ccccc2)n1. The van der Waals surface area contributed by atoms with Gasteiger partial charge in [0.1, 0.15) is 6.54 Å². The Morgan fingerprint density at radius 2 is 2.04 bits per heavy atom. The molecule has 7 heteroatoms. The molecule has 4 rings (SSSR count). The molecule has 0 aliphatic carbocycles. The fourth-order valence-electron chi connectivity index (χ4n) is 3.40. The van der Waals surface area contributed by atoms with Crippen LogP contribution in [0.1, 0.15) is 29.1 Å². The molecule has 25 heavy (non-hydrogen) atoms. The smallest absolute Gasteiger partial charge is 0.242 e. The Bertz CT molecular complexity index is 844. The first-order valence-electron chi connectivity index (χ1n) is 8.29. The monoisotopic (exact) mass is 337 g/mol. The van der Waals surface area contributed by atoms with Crippen LogP contribution in [-0.2, 0) is 11.3 Å². The number of rotatable bonds is 4. The van der Waals surface area contributed by atoms with Gasteiger partial charge in [0.15, 0.2) is 5.82 Å². The molecule has 1 aliphatic heterocycles. The molecule has 0 spiro atoms. The van der Waals surface area contributed by atoms with Crippen LogP contribution in [0.4, 0.5) is 0 Å². The number of aryl methyl sites for hydroxylation is 1. The molecular formula is C18H19N5O2. The lowest BCUT2D eigenvalue weighted by atomic mass is 9.89. The molecule has 2 atom stereocenters. The first kappa shape index (κ1) is 15.6. The van der Waals surface area contributed by atoms with Gasteiger partial charge in [0.05, 0.1) is 12.2 Å². The maximum absolute atomic E-state index is 12.7. The van der Waals surface area contributed by atoms with Gasteiger partial charge in [-0.25, -0.2) is 4.98 Å². The highest BCUT2D eigenvalue weighted by Crippen LogP contribution is 2.39. The number of aromatic nitrogens is 4. The average molecular weight is 337 g/mol. The average Bonchev–Trinajstić information content (AvgIpc) is 3.35. The Labute approximate surface area is 145 Å². The maximum atomic E-state index is 12.7. The normalized spacial score (nSPS) is 20.1. The maximum Gasteiger partial charge on any atom is 0.242 e. The van der Waals surface area contributed by atoms with Gasteiger partial charge in [0, 0.05) is 31.4 Å². The molecule has 1 amide bonds. The van der Waals surface area contributed by atoms with E-state index >= 15 is 0 Å². The summed E-state index contributed by atoms with van der Waals surface area (Å²) in [5.41, 5.74) is 1.18. The van der Waals surface area contributed by atoms with Crippen molar-refractivity contribution in [2.24, 2.45) is 0 Å². The van der Waals surface area contributed by atoms with Gasteiger partial charge in [-0.15, -0.1) is 0 Å². The van der Waals surface area contributed by atoms with Crippen molar-refractivity contribution < 1.29 is 9.32 Å². The molecule has 1 aromatic carbocycles. The number of hydrogen-bond acceptors (Lipinski definition) is 5. The van der Waals surface area contributed by atoms with Crippen molar-refractivity contribution in [3.63, 3.8) is 0 Å². The van der Waals surface area contributed by atoms with Crippen molar-refractivity contribution in [2.45, 2.75) is 25.3 Å². The molecule has 7 nitrogen and oxygen atoms in total. The third-order valence-electron chi connectivity index (χ3n) is 4.64. The summed E-state index contributed by atoms with van der Waals surface area (Å²) >= 11 is 0. The summed E-state index contributed by atoms with van der Waals surface area (Å²) in [5.74, 6) is 1.44. The number of nitrogens with zero attached hydrogens (tertiary/aromatic N) is 5. The molecule has 0 radical (unpaired) electrons. The molecular weight excluding hydrogens is 318 g/mol. The van der Waals surface area contributed by atoms with Crippen LogP contribution in [0, 0.1) is 6.92 Å². The van der Waals surface area contributed by atoms with E-state index in [1.807, 2.05) is 23.1 Å². The van der Waals surface area contributed by atoms with Gasteiger partial charge in [-0.2, -0.15) is 4.98 Å². The van der Waals surface area contributed by atoms with Gasteiger partial charge in [-0.05, 0) is 12.5 Å². The summed E-state index contributed by atoms with van der Waals surface area (Å²) in [5, 5.41) is 3.92. The van der Waals surface area contributed by atoms with Gasteiger partial charge < -0.3 is 14.0 Å². The second-order valence-electron chi connectivity index (χ2n) is 6.34. The van der Waals surface area contributed by atoms with E-state index in [1.54, 1.807) is 30.2 Å². The van der Waals surface area contributed by atoms with Crippen LogP contribution in [0.3, 0.4) is 0 Å². The Morgan fingerprint density at radius 1 is 1.24 bits per heavy atom. The van der Waals surface area contributed by atoms with Crippen molar-refractivity contribution in [3.05, 3.63) is 66.3 Å². The summed E-state index contributed by atoms with van der Waals surface area (Å²) in [4.78, 5) is 23.0. The zero-order valence-electron chi connectivity index (χ0n) is 13.9. The van der Waals surface area contributed by atoms with E-state index in [2.05, 4.69) is 27.3 Å². The van der Waals surface area contributed by atoms with Gasteiger partial charge in [0.25, 0.3) is 0 Å². The largest absolute Gasteiger partial charge is 0.340 e. The Morgan fingerprint density at radius 3 is 2.72 bits per heavy atom. The first-order chi connectivity index (χ1) is 12.2. The summed E-state index contributed by atoms with van der Waals surface area (Å²) in [6.45, 7) is 3.32. The van der Waals surface area contributed by atoms with Crippen LogP contribution in [0.15, 0.2) is 53.6 Å². The summed E-state index contributed by atoms with van der Waals surface area (Å²) in [6, 6.07) is 10.2. The van der Waals surface area contributed by atoms with E-state index in [0.29, 0.717) is 24.8 Å². The quantitative estimate of drug-likeness (QED) is 0.727. The van der Waals surface area contributed by atoms with Gasteiger partial charge in [0.2, 0.25) is 11.8 Å². The second kappa shape index (κ2) is 6.51. The number of carbonyl (C=O) groups excluding carboxylic acids is 1. The first-order valence-corrected chi connectivity index (χ1v) is 8.29. The zero-order valence-corrected chi connectivity index (χ0v) is 13.9. The van der Waals surface area contributed by atoms with Crippen LogP contribution in [0.25, 0.3) is 0 Å². The van der Waals surface area contributed by atoms with E-state index < -0.39 is 0 Å². The van der Waals surface area contributed by atoms with Gasteiger partial charge >= 0.3 is 0 Å². The van der Waals surface area contributed by atoms with Crippen molar-refractivity contribution in [1.29, 1.82) is 0 Å². The third kappa shape index (κ3) is 3.17. The predicted molar refractivity (Wildman–Crippen MR) is 89.8 cm³/mol. The zero-order chi connectivity index (χ0) is 17.2. The second-order valence-corrected chi connectivity index (χ2v) is 6.34. The van der Waals surface area contributed by atoms with Crippen LogP contribution in [-0.4, -0.2) is 43.6 Å². The van der Waals surface area contributed by atoms with E-state index in [-0.39, 0.29) is 24.3 Å². The van der Waals surface area contributed by atoms with E-state index in [9.17, 15) is 4.79 Å². The molecule has 1 aliphatic rings. The minimum absolute atomic E-state index is 0.00957. The fraction of sp³-hybridized carbons (Fsp3) is 0.333. The number of imidazole rings is 1. The number of amides is 1. The van der Waals surface area contributed by atoms with E-state index in [0.717, 1.165) is 0 Å². The molecule has 0 saturated carbocycles.